The van der Waals surface area contributed by atoms with Crippen molar-refractivity contribution < 1.29 is 14.7 Å². The van der Waals surface area contributed by atoms with Gasteiger partial charge in [0, 0.05) is 19.0 Å². The molecule has 16 heavy (non-hydrogen) atoms. The van der Waals surface area contributed by atoms with Crippen molar-refractivity contribution in [3.63, 3.8) is 0 Å². The van der Waals surface area contributed by atoms with Gasteiger partial charge in [0.05, 0.1) is 18.8 Å². The maximum Gasteiger partial charge on any atom is 0.229 e. The molecule has 2 heterocycles. The Kier molecular flexibility index (Phi) is 3.22. The predicted molar refractivity (Wildman–Crippen MR) is 55.7 cm³/mol. The van der Waals surface area contributed by atoms with Gasteiger partial charge in [-0.15, -0.1) is 0 Å². The highest BCUT2D eigenvalue weighted by molar-refractivity contribution is 4.93. The van der Waals surface area contributed by atoms with E-state index in [0.717, 1.165) is 0 Å². The number of hydrogen-bond donors (Lipinski definition) is 2. The summed E-state index contributed by atoms with van der Waals surface area (Å²) in [5.41, 5.74) is 0. The average Bonchev–Trinajstić information content (AvgIpc) is 2.76. The number of likely N-dealkylation sites (tertiary alicyclic amines) is 1. The number of aromatic nitrogens is 2. The zero-order chi connectivity index (χ0) is 11.7. The van der Waals surface area contributed by atoms with E-state index in [-0.39, 0.29) is 5.92 Å². The smallest absolute Gasteiger partial charge is 0.229 e. The molecule has 0 aliphatic carbocycles. The first kappa shape index (κ1) is 11.5. The first-order valence-corrected chi connectivity index (χ1v) is 5.47. The largest absolute Gasteiger partial charge is 0.389 e. The van der Waals surface area contributed by atoms with Gasteiger partial charge in [-0.2, -0.15) is 4.98 Å². The highest BCUT2D eigenvalue weighted by Crippen LogP contribution is 2.15. The summed E-state index contributed by atoms with van der Waals surface area (Å²) < 4.78 is 5.08. The zero-order valence-corrected chi connectivity index (χ0v) is 9.50. The third-order valence-corrected chi connectivity index (χ3v) is 2.68. The summed E-state index contributed by atoms with van der Waals surface area (Å²) in [5, 5.41) is 22.6. The Hall–Kier alpha value is -0.980. The summed E-state index contributed by atoms with van der Waals surface area (Å²) in [6.07, 6.45) is -1.34. The van der Waals surface area contributed by atoms with Gasteiger partial charge in [-0.1, -0.05) is 19.0 Å². The van der Waals surface area contributed by atoms with Crippen LogP contribution in [0.3, 0.4) is 0 Å². The van der Waals surface area contributed by atoms with Crippen LogP contribution in [0.5, 0.6) is 0 Å². The molecule has 6 nitrogen and oxygen atoms in total. The van der Waals surface area contributed by atoms with Crippen LogP contribution in [0.2, 0.25) is 0 Å². The fourth-order valence-electron chi connectivity index (χ4n) is 1.74. The van der Waals surface area contributed by atoms with Gasteiger partial charge in [0.25, 0.3) is 0 Å². The van der Waals surface area contributed by atoms with E-state index < -0.39 is 12.2 Å². The van der Waals surface area contributed by atoms with E-state index in [1.807, 2.05) is 18.7 Å². The third kappa shape index (κ3) is 2.40. The lowest BCUT2D eigenvalue weighted by atomic mass is 10.2. The van der Waals surface area contributed by atoms with Crippen molar-refractivity contribution in [2.75, 3.05) is 13.1 Å². The summed E-state index contributed by atoms with van der Waals surface area (Å²) in [6, 6.07) is 0. The lowest BCUT2D eigenvalue weighted by molar-refractivity contribution is 0.0572. The molecule has 0 spiro atoms. The standard InChI is InChI=1S/C10H17N3O3/c1-6(2)10-11-9(12-16-10)5-13-3-7(14)8(15)4-13/h6-8,14-15H,3-5H2,1-2H3/t7-,8+. The van der Waals surface area contributed by atoms with Crippen LogP contribution in [0.4, 0.5) is 0 Å². The van der Waals surface area contributed by atoms with Crippen LogP contribution >= 0.6 is 0 Å². The quantitative estimate of drug-likeness (QED) is 0.739. The molecule has 0 saturated carbocycles. The highest BCUT2D eigenvalue weighted by atomic mass is 16.5. The van der Waals surface area contributed by atoms with E-state index >= 15 is 0 Å². The first-order chi connectivity index (χ1) is 7.56. The van der Waals surface area contributed by atoms with Gasteiger partial charge >= 0.3 is 0 Å². The van der Waals surface area contributed by atoms with Crippen LogP contribution < -0.4 is 0 Å². The van der Waals surface area contributed by atoms with Crippen molar-refractivity contribution >= 4 is 0 Å². The van der Waals surface area contributed by atoms with Crippen LogP contribution in [0.25, 0.3) is 0 Å². The van der Waals surface area contributed by atoms with Crippen LogP contribution in [0.15, 0.2) is 4.52 Å². The van der Waals surface area contributed by atoms with Crippen LogP contribution in [0.1, 0.15) is 31.5 Å². The molecule has 6 heteroatoms. The summed E-state index contributed by atoms with van der Waals surface area (Å²) in [4.78, 5) is 6.15. The second-order valence-electron chi connectivity index (χ2n) is 4.53. The maximum absolute atomic E-state index is 9.38. The number of nitrogens with zero attached hydrogens (tertiary/aromatic N) is 3. The van der Waals surface area contributed by atoms with Gasteiger partial charge in [0.15, 0.2) is 5.82 Å². The van der Waals surface area contributed by atoms with Crippen molar-refractivity contribution in [1.82, 2.24) is 15.0 Å². The zero-order valence-electron chi connectivity index (χ0n) is 9.50. The molecule has 1 fully saturated rings. The molecule has 2 N–H and O–H groups in total. The minimum Gasteiger partial charge on any atom is -0.389 e. The second kappa shape index (κ2) is 4.48. The van der Waals surface area contributed by atoms with Crippen molar-refractivity contribution in [1.29, 1.82) is 0 Å². The van der Waals surface area contributed by atoms with E-state index in [2.05, 4.69) is 10.1 Å². The normalized spacial score (nSPS) is 26.8. The lowest BCUT2D eigenvalue weighted by Crippen LogP contribution is -2.22. The Morgan fingerprint density at radius 2 is 2.00 bits per heavy atom. The topological polar surface area (TPSA) is 82.6 Å². The Balaban J connectivity index is 1.94. The number of rotatable bonds is 3. The molecule has 0 bridgehead atoms. The van der Waals surface area contributed by atoms with Gasteiger partial charge in [0.2, 0.25) is 5.89 Å². The maximum atomic E-state index is 9.38. The molecule has 0 aromatic carbocycles. The molecular formula is C10H17N3O3. The van der Waals surface area contributed by atoms with Crippen molar-refractivity contribution in [3.8, 4) is 0 Å². The number of β-amino-alcohol motifs (C(OH)–C–C–N with tert-alkyl or cyclic N) is 2. The number of hydrogen-bond acceptors (Lipinski definition) is 6. The highest BCUT2D eigenvalue weighted by Gasteiger charge is 2.30. The second-order valence-corrected chi connectivity index (χ2v) is 4.53. The number of aliphatic hydroxyl groups excluding tert-OH is 2. The molecule has 1 aromatic heterocycles. The van der Waals surface area contributed by atoms with E-state index in [1.165, 1.54) is 0 Å². The van der Waals surface area contributed by atoms with Crippen molar-refractivity contribution in [3.05, 3.63) is 11.7 Å². The first-order valence-electron chi connectivity index (χ1n) is 5.47. The summed E-state index contributed by atoms with van der Waals surface area (Å²) in [5.74, 6) is 1.44. The monoisotopic (exact) mass is 227 g/mol. The van der Waals surface area contributed by atoms with E-state index in [9.17, 15) is 10.2 Å². The Bertz CT molecular complexity index is 343. The molecule has 0 radical (unpaired) electrons. The lowest BCUT2D eigenvalue weighted by Gasteiger charge is -2.10. The summed E-state index contributed by atoms with van der Waals surface area (Å²) in [7, 11) is 0. The predicted octanol–water partition coefficient (Wildman–Crippen LogP) is -0.270. The summed E-state index contributed by atoms with van der Waals surface area (Å²) >= 11 is 0. The molecule has 2 rings (SSSR count). The van der Waals surface area contributed by atoms with Crippen LogP contribution in [-0.2, 0) is 6.54 Å². The minimum atomic E-state index is -0.670. The van der Waals surface area contributed by atoms with Crippen molar-refractivity contribution in [2.24, 2.45) is 0 Å². The molecular weight excluding hydrogens is 210 g/mol. The van der Waals surface area contributed by atoms with Gasteiger partial charge in [-0.05, 0) is 0 Å². The van der Waals surface area contributed by atoms with Gasteiger partial charge in [0.1, 0.15) is 0 Å². The Labute approximate surface area is 93.9 Å². The SMILES string of the molecule is CC(C)c1nc(CN2C[C@@H](O)[C@@H](O)C2)no1. The fourth-order valence-corrected chi connectivity index (χ4v) is 1.74. The molecule has 0 unspecified atom stereocenters. The van der Waals surface area contributed by atoms with Crippen molar-refractivity contribution in [2.45, 2.75) is 38.5 Å². The molecule has 1 aliphatic heterocycles. The molecule has 90 valence electrons. The molecule has 0 amide bonds. The average molecular weight is 227 g/mol. The van der Waals surface area contributed by atoms with Gasteiger partial charge < -0.3 is 14.7 Å². The van der Waals surface area contributed by atoms with Crippen LogP contribution in [0, 0.1) is 0 Å². The van der Waals surface area contributed by atoms with Gasteiger partial charge in [-0.25, -0.2) is 0 Å². The Morgan fingerprint density at radius 3 is 2.50 bits per heavy atom. The van der Waals surface area contributed by atoms with Gasteiger partial charge in [-0.3, -0.25) is 4.90 Å². The van der Waals surface area contributed by atoms with E-state index in [1.54, 1.807) is 0 Å². The fraction of sp³-hybridized carbons (Fsp3) is 0.800. The molecule has 1 saturated heterocycles. The molecule has 1 aromatic rings. The van der Waals surface area contributed by atoms with E-state index in [0.29, 0.717) is 31.3 Å². The summed E-state index contributed by atoms with van der Waals surface area (Å²) in [6.45, 7) is 5.38. The Morgan fingerprint density at radius 1 is 1.38 bits per heavy atom. The molecule has 1 aliphatic rings. The minimum absolute atomic E-state index is 0.219. The molecule has 2 atom stereocenters. The number of aliphatic hydroxyl groups is 2. The third-order valence-electron chi connectivity index (χ3n) is 2.68. The van der Waals surface area contributed by atoms with Crippen LogP contribution in [-0.4, -0.2) is 50.6 Å². The van der Waals surface area contributed by atoms with E-state index in [4.69, 9.17) is 4.52 Å².